The first-order valence-corrected chi connectivity index (χ1v) is 9.42. The fourth-order valence-electron chi connectivity index (χ4n) is 3.08. The monoisotopic (exact) mass is 418 g/mol. The molecule has 2 amide bonds. The largest absolute Gasteiger partial charge is 1.00 e. The molecule has 2 aromatic rings. The molecule has 0 bridgehead atoms. The third kappa shape index (κ3) is 6.63. The Morgan fingerprint density at radius 3 is 2.43 bits per heavy atom. The normalized spacial score (nSPS) is 17.9. The van der Waals surface area contributed by atoms with E-state index in [-0.39, 0.29) is 35.5 Å². The van der Waals surface area contributed by atoms with E-state index < -0.39 is 30.0 Å². The Labute approximate surface area is 197 Å². The zero-order chi connectivity index (χ0) is 20.8. The van der Waals surface area contributed by atoms with Crippen LogP contribution in [0, 0.1) is 0 Å². The van der Waals surface area contributed by atoms with Crippen molar-refractivity contribution < 1.29 is 49.0 Å². The molecule has 2 heterocycles. The summed E-state index contributed by atoms with van der Waals surface area (Å²) in [4.78, 5) is 42.1. The van der Waals surface area contributed by atoms with Crippen LogP contribution in [0.3, 0.4) is 0 Å². The van der Waals surface area contributed by atoms with Crippen molar-refractivity contribution in [3.05, 3.63) is 66.0 Å². The van der Waals surface area contributed by atoms with Gasteiger partial charge >= 0.3 is 29.6 Å². The summed E-state index contributed by atoms with van der Waals surface area (Å²) in [6.45, 7) is 0.445. The number of carboxylic acids is 1. The standard InChI is InChI=1S/C21H24N4O4.Na/c1-25(12-10-15-9-5-6-11-22-15)20(27)16(13-14-7-3-2-4-8-14)23-19(26)17-18(24-17)21(28)29;/h2-9,11,16-18,24H,10,12-13H2,1H3,(H,23,26)(H,28,29);/q;+1/p-1/t16-,17-,18-;/m0./s1. The van der Waals surface area contributed by atoms with E-state index in [1.807, 2.05) is 48.5 Å². The predicted molar refractivity (Wildman–Crippen MR) is 103 cm³/mol. The molecule has 2 N–H and O–H groups in total. The van der Waals surface area contributed by atoms with Gasteiger partial charge in [-0.15, -0.1) is 0 Å². The Morgan fingerprint density at radius 1 is 1.13 bits per heavy atom. The number of pyridine rings is 1. The molecule has 1 aromatic heterocycles. The summed E-state index contributed by atoms with van der Waals surface area (Å²) in [5.74, 6) is -2.10. The van der Waals surface area contributed by atoms with Gasteiger partial charge in [-0.2, -0.15) is 0 Å². The molecule has 3 atom stereocenters. The van der Waals surface area contributed by atoms with Crippen LogP contribution in [0.15, 0.2) is 54.7 Å². The maximum absolute atomic E-state index is 13.0. The number of benzene rings is 1. The molecular weight excluding hydrogens is 395 g/mol. The van der Waals surface area contributed by atoms with Gasteiger partial charge in [0.25, 0.3) is 0 Å². The molecule has 3 rings (SSSR count). The first kappa shape index (κ1) is 24.0. The number of hydrogen-bond acceptors (Lipinski definition) is 6. The van der Waals surface area contributed by atoms with Gasteiger partial charge in [-0.05, 0) is 17.7 Å². The quantitative estimate of drug-likeness (QED) is 0.315. The minimum absolute atomic E-state index is 0. The summed E-state index contributed by atoms with van der Waals surface area (Å²) in [5.41, 5.74) is 1.76. The van der Waals surface area contributed by atoms with E-state index in [0.29, 0.717) is 19.4 Å². The van der Waals surface area contributed by atoms with Crippen molar-refractivity contribution >= 4 is 17.8 Å². The Balaban J connectivity index is 0.00000320. The number of carboxylic acid groups (broad SMARTS) is 1. The van der Waals surface area contributed by atoms with Crippen LogP contribution in [0.5, 0.6) is 0 Å². The smallest absolute Gasteiger partial charge is 0.548 e. The summed E-state index contributed by atoms with van der Waals surface area (Å²) < 4.78 is 0. The molecule has 0 saturated carbocycles. The predicted octanol–water partition coefficient (Wildman–Crippen LogP) is -4.10. The number of nitrogens with one attached hydrogen (secondary N) is 2. The van der Waals surface area contributed by atoms with Crippen molar-refractivity contribution in [2.75, 3.05) is 13.6 Å². The molecule has 0 unspecified atom stereocenters. The SMILES string of the molecule is CN(CCc1ccccn1)C(=O)[C@H](Cc1ccccc1)NC(=O)[C@H]1N[C@@H]1C(=O)[O-].[Na+]. The summed E-state index contributed by atoms with van der Waals surface area (Å²) in [6, 6.07) is 12.3. The maximum Gasteiger partial charge on any atom is 1.00 e. The molecule has 0 aliphatic carbocycles. The number of nitrogens with zero attached hydrogens (tertiary/aromatic N) is 2. The van der Waals surface area contributed by atoms with Crippen molar-refractivity contribution in [3.8, 4) is 0 Å². The molecule has 0 spiro atoms. The van der Waals surface area contributed by atoms with E-state index >= 15 is 0 Å². The van der Waals surface area contributed by atoms with E-state index in [9.17, 15) is 19.5 Å². The van der Waals surface area contributed by atoms with Crippen LogP contribution in [0.2, 0.25) is 0 Å². The van der Waals surface area contributed by atoms with E-state index in [1.54, 1.807) is 18.1 Å². The summed E-state index contributed by atoms with van der Waals surface area (Å²) >= 11 is 0. The second-order valence-corrected chi connectivity index (χ2v) is 7.02. The molecule has 0 radical (unpaired) electrons. The Kier molecular flexibility index (Phi) is 8.98. The van der Waals surface area contributed by atoms with Gasteiger partial charge < -0.3 is 20.1 Å². The number of aliphatic carboxylic acids is 1. The molecule has 1 aliphatic heterocycles. The molecule has 1 aliphatic rings. The average Bonchev–Trinajstić information content (AvgIpc) is 3.54. The van der Waals surface area contributed by atoms with Gasteiger partial charge in [0.05, 0.1) is 12.0 Å². The minimum atomic E-state index is -1.33. The van der Waals surface area contributed by atoms with Gasteiger partial charge in [0.2, 0.25) is 11.8 Å². The molecule has 1 aromatic carbocycles. The number of rotatable bonds is 9. The van der Waals surface area contributed by atoms with Crippen LogP contribution < -0.4 is 45.3 Å². The molecule has 8 nitrogen and oxygen atoms in total. The van der Waals surface area contributed by atoms with Crippen LogP contribution in [0.25, 0.3) is 0 Å². The number of aromatic nitrogens is 1. The van der Waals surface area contributed by atoms with Crippen molar-refractivity contribution in [1.82, 2.24) is 20.5 Å². The molecule has 1 fully saturated rings. The molecule has 1 saturated heterocycles. The minimum Gasteiger partial charge on any atom is -0.548 e. The van der Waals surface area contributed by atoms with E-state index in [0.717, 1.165) is 11.3 Å². The van der Waals surface area contributed by atoms with E-state index in [4.69, 9.17) is 0 Å². The molecule has 9 heteroatoms. The maximum atomic E-state index is 13.0. The zero-order valence-electron chi connectivity index (χ0n) is 17.1. The third-order valence-corrected chi connectivity index (χ3v) is 4.82. The van der Waals surface area contributed by atoms with Crippen LogP contribution >= 0.6 is 0 Å². The number of amides is 2. The second kappa shape index (κ2) is 11.2. The summed E-state index contributed by atoms with van der Waals surface area (Å²) in [7, 11) is 1.68. The van der Waals surface area contributed by atoms with E-state index in [2.05, 4.69) is 15.6 Å². The van der Waals surface area contributed by atoms with Gasteiger partial charge in [0.15, 0.2) is 0 Å². The molecule has 152 valence electrons. The van der Waals surface area contributed by atoms with Crippen LogP contribution in [0.1, 0.15) is 11.3 Å². The van der Waals surface area contributed by atoms with Gasteiger partial charge in [-0.1, -0.05) is 36.4 Å². The van der Waals surface area contributed by atoms with Crippen LogP contribution in [0.4, 0.5) is 0 Å². The van der Waals surface area contributed by atoms with Gasteiger partial charge in [-0.3, -0.25) is 19.9 Å². The Bertz CT molecular complexity index is 866. The Hall–Kier alpha value is -2.26. The molecular formula is C21H23N4NaO4. The van der Waals surface area contributed by atoms with Gasteiger partial charge in [0.1, 0.15) is 12.1 Å². The first-order valence-electron chi connectivity index (χ1n) is 9.42. The van der Waals surface area contributed by atoms with Gasteiger partial charge in [-0.25, -0.2) is 0 Å². The fraction of sp³-hybridized carbons (Fsp3) is 0.333. The van der Waals surface area contributed by atoms with Crippen molar-refractivity contribution in [2.24, 2.45) is 0 Å². The van der Waals surface area contributed by atoms with Crippen molar-refractivity contribution in [2.45, 2.75) is 31.0 Å². The fourth-order valence-corrected chi connectivity index (χ4v) is 3.08. The third-order valence-electron chi connectivity index (χ3n) is 4.82. The first-order chi connectivity index (χ1) is 14.0. The zero-order valence-corrected chi connectivity index (χ0v) is 19.1. The van der Waals surface area contributed by atoms with Crippen LogP contribution in [-0.2, 0) is 27.2 Å². The average molecular weight is 418 g/mol. The number of carbonyl (C=O) groups excluding carboxylic acids is 3. The number of carbonyl (C=O) groups is 3. The Morgan fingerprint density at radius 2 is 1.83 bits per heavy atom. The van der Waals surface area contributed by atoms with Crippen molar-refractivity contribution in [3.63, 3.8) is 0 Å². The van der Waals surface area contributed by atoms with Gasteiger partial charge in [0, 0.05) is 38.3 Å². The van der Waals surface area contributed by atoms with E-state index in [1.165, 1.54) is 0 Å². The molecule has 30 heavy (non-hydrogen) atoms. The topological polar surface area (TPSA) is 124 Å². The summed E-state index contributed by atoms with van der Waals surface area (Å²) in [5, 5.41) is 16.1. The second-order valence-electron chi connectivity index (χ2n) is 7.02. The van der Waals surface area contributed by atoms with Crippen LogP contribution in [-0.4, -0.2) is 59.4 Å². The number of hydrogen-bond donors (Lipinski definition) is 2. The summed E-state index contributed by atoms with van der Waals surface area (Å²) in [6.07, 6.45) is 2.60. The number of likely N-dealkylation sites (N-methyl/N-ethyl adjacent to an activating group) is 1. The van der Waals surface area contributed by atoms with Crippen molar-refractivity contribution in [1.29, 1.82) is 0 Å².